The average Bonchev–Trinajstić information content (AvgIpc) is 2.32. The van der Waals surface area contributed by atoms with E-state index in [0.29, 0.717) is 0 Å². The van der Waals surface area contributed by atoms with E-state index in [1.807, 2.05) is 0 Å². The second-order valence-corrected chi connectivity index (χ2v) is 4.81. The van der Waals surface area contributed by atoms with Crippen LogP contribution >= 0.6 is 0 Å². The molecule has 0 aliphatic heterocycles. The Kier molecular flexibility index (Phi) is 3.28. The predicted molar refractivity (Wildman–Crippen MR) is 73.2 cm³/mol. The third-order valence-corrected chi connectivity index (χ3v) is 3.51. The zero-order valence-corrected chi connectivity index (χ0v) is 10.9. The number of aromatic hydroxyl groups is 2. The van der Waals surface area contributed by atoms with Crippen molar-refractivity contribution in [3.05, 3.63) is 58.7 Å². The largest absolute Gasteiger partial charge is 0.508 e. The van der Waals surface area contributed by atoms with Crippen molar-refractivity contribution in [3.8, 4) is 11.5 Å². The standard InChI is InChI=1S/C16H18O2/c1-10-4-5-13(8-11(10)2)12(3)15-7-6-14(17)9-16(15)18/h4-9,12,17-18H,1-3H3. The molecule has 2 rings (SSSR count). The molecule has 94 valence electrons. The normalized spacial score (nSPS) is 12.4. The quantitative estimate of drug-likeness (QED) is 0.839. The van der Waals surface area contributed by atoms with Crippen LogP contribution in [0.3, 0.4) is 0 Å². The molecule has 0 spiro atoms. The van der Waals surface area contributed by atoms with E-state index in [1.54, 1.807) is 12.1 Å². The van der Waals surface area contributed by atoms with Crippen molar-refractivity contribution in [1.82, 2.24) is 0 Å². The van der Waals surface area contributed by atoms with Crippen LogP contribution in [0, 0.1) is 13.8 Å². The number of aryl methyl sites for hydroxylation is 2. The lowest BCUT2D eigenvalue weighted by Gasteiger charge is -2.15. The van der Waals surface area contributed by atoms with Crippen LogP contribution in [0.1, 0.15) is 35.1 Å². The van der Waals surface area contributed by atoms with E-state index in [-0.39, 0.29) is 17.4 Å². The summed E-state index contributed by atoms with van der Waals surface area (Å²) in [6.07, 6.45) is 0. The molecule has 0 aliphatic rings. The Morgan fingerprint density at radius 2 is 1.61 bits per heavy atom. The highest BCUT2D eigenvalue weighted by atomic mass is 16.3. The summed E-state index contributed by atoms with van der Waals surface area (Å²) < 4.78 is 0. The van der Waals surface area contributed by atoms with Gasteiger partial charge in [0.2, 0.25) is 0 Å². The van der Waals surface area contributed by atoms with Crippen LogP contribution in [-0.4, -0.2) is 10.2 Å². The van der Waals surface area contributed by atoms with E-state index in [1.165, 1.54) is 22.8 Å². The molecule has 0 aromatic heterocycles. The summed E-state index contributed by atoms with van der Waals surface area (Å²) in [5.74, 6) is 0.328. The van der Waals surface area contributed by atoms with Crippen LogP contribution in [0.4, 0.5) is 0 Å². The van der Waals surface area contributed by atoms with Gasteiger partial charge in [0.25, 0.3) is 0 Å². The first-order chi connectivity index (χ1) is 8.49. The Morgan fingerprint density at radius 1 is 0.889 bits per heavy atom. The number of phenols is 2. The molecule has 2 heteroatoms. The third kappa shape index (κ3) is 2.33. The molecule has 18 heavy (non-hydrogen) atoms. The lowest BCUT2D eigenvalue weighted by molar-refractivity contribution is 0.444. The summed E-state index contributed by atoms with van der Waals surface area (Å²) in [6, 6.07) is 11.1. The lowest BCUT2D eigenvalue weighted by atomic mass is 9.90. The maximum absolute atomic E-state index is 9.89. The van der Waals surface area contributed by atoms with Gasteiger partial charge >= 0.3 is 0 Å². The summed E-state index contributed by atoms with van der Waals surface area (Å²) in [4.78, 5) is 0. The minimum Gasteiger partial charge on any atom is -0.508 e. The zero-order chi connectivity index (χ0) is 13.3. The van der Waals surface area contributed by atoms with Crippen molar-refractivity contribution in [2.75, 3.05) is 0 Å². The van der Waals surface area contributed by atoms with Gasteiger partial charge in [-0.2, -0.15) is 0 Å². The molecule has 0 saturated carbocycles. The number of phenolic OH excluding ortho intramolecular Hbond substituents is 2. The molecule has 1 unspecified atom stereocenters. The second kappa shape index (κ2) is 4.73. The van der Waals surface area contributed by atoms with Crippen molar-refractivity contribution in [2.24, 2.45) is 0 Å². The first-order valence-corrected chi connectivity index (χ1v) is 6.08. The summed E-state index contributed by atoms with van der Waals surface area (Å²) in [6.45, 7) is 6.22. The van der Waals surface area contributed by atoms with Crippen LogP contribution in [0.5, 0.6) is 11.5 Å². The smallest absolute Gasteiger partial charge is 0.123 e. The van der Waals surface area contributed by atoms with Gasteiger partial charge in [0.1, 0.15) is 11.5 Å². The van der Waals surface area contributed by atoms with E-state index in [9.17, 15) is 10.2 Å². The molecule has 2 nitrogen and oxygen atoms in total. The summed E-state index contributed by atoms with van der Waals surface area (Å²) >= 11 is 0. The summed E-state index contributed by atoms with van der Waals surface area (Å²) in [5.41, 5.74) is 4.51. The molecule has 0 amide bonds. The molecule has 2 aromatic rings. The first-order valence-electron chi connectivity index (χ1n) is 6.08. The van der Waals surface area contributed by atoms with Gasteiger partial charge in [0, 0.05) is 17.5 Å². The minimum absolute atomic E-state index is 0.0866. The van der Waals surface area contributed by atoms with Crippen molar-refractivity contribution < 1.29 is 10.2 Å². The lowest BCUT2D eigenvalue weighted by Crippen LogP contribution is -1.97. The van der Waals surface area contributed by atoms with Crippen LogP contribution in [0.15, 0.2) is 36.4 Å². The van der Waals surface area contributed by atoms with Gasteiger partial charge in [0.05, 0.1) is 0 Å². The number of rotatable bonds is 2. The fourth-order valence-corrected chi connectivity index (χ4v) is 2.11. The van der Waals surface area contributed by atoms with Crippen molar-refractivity contribution >= 4 is 0 Å². The molecular formula is C16H18O2. The van der Waals surface area contributed by atoms with Gasteiger partial charge < -0.3 is 10.2 Å². The molecule has 0 radical (unpaired) electrons. The molecule has 0 heterocycles. The monoisotopic (exact) mass is 242 g/mol. The van der Waals surface area contributed by atoms with Gasteiger partial charge in [-0.3, -0.25) is 0 Å². The topological polar surface area (TPSA) is 40.5 Å². The fraction of sp³-hybridized carbons (Fsp3) is 0.250. The molecular weight excluding hydrogens is 224 g/mol. The molecule has 2 aromatic carbocycles. The molecule has 0 saturated heterocycles. The van der Waals surface area contributed by atoms with Crippen LogP contribution < -0.4 is 0 Å². The molecule has 2 N–H and O–H groups in total. The van der Waals surface area contributed by atoms with E-state index in [0.717, 1.165) is 5.56 Å². The Hall–Kier alpha value is -1.96. The maximum atomic E-state index is 9.89. The second-order valence-electron chi connectivity index (χ2n) is 4.81. The Balaban J connectivity index is 2.41. The van der Waals surface area contributed by atoms with E-state index in [2.05, 4.69) is 39.0 Å². The minimum atomic E-state index is 0.0866. The SMILES string of the molecule is Cc1ccc(C(C)c2ccc(O)cc2O)cc1C. The van der Waals surface area contributed by atoms with E-state index in [4.69, 9.17) is 0 Å². The summed E-state index contributed by atoms with van der Waals surface area (Å²) in [5, 5.41) is 19.2. The fourth-order valence-electron chi connectivity index (χ4n) is 2.11. The van der Waals surface area contributed by atoms with Crippen molar-refractivity contribution in [2.45, 2.75) is 26.7 Å². The molecule has 0 aliphatic carbocycles. The number of hydrogen-bond acceptors (Lipinski definition) is 2. The zero-order valence-electron chi connectivity index (χ0n) is 10.9. The third-order valence-electron chi connectivity index (χ3n) is 3.51. The molecule has 0 fully saturated rings. The summed E-state index contributed by atoms with van der Waals surface area (Å²) in [7, 11) is 0. The first kappa shape index (κ1) is 12.5. The molecule has 1 atom stereocenters. The van der Waals surface area contributed by atoms with Crippen LogP contribution in [0.25, 0.3) is 0 Å². The van der Waals surface area contributed by atoms with Gasteiger partial charge in [-0.15, -0.1) is 0 Å². The van der Waals surface area contributed by atoms with E-state index < -0.39 is 0 Å². The average molecular weight is 242 g/mol. The maximum Gasteiger partial charge on any atom is 0.123 e. The Bertz CT molecular complexity index is 573. The highest BCUT2D eigenvalue weighted by Crippen LogP contribution is 2.33. The highest BCUT2D eigenvalue weighted by molar-refractivity contribution is 5.45. The van der Waals surface area contributed by atoms with Gasteiger partial charge in [-0.05, 0) is 36.6 Å². The Morgan fingerprint density at radius 3 is 2.22 bits per heavy atom. The van der Waals surface area contributed by atoms with Gasteiger partial charge in [0.15, 0.2) is 0 Å². The van der Waals surface area contributed by atoms with E-state index >= 15 is 0 Å². The number of benzene rings is 2. The predicted octanol–water partition coefficient (Wildman–Crippen LogP) is 3.87. The van der Waals surface area contributed by atoms with Crippen molar-refractivity contribution in [3.63, 3.8) is 0 Å². The van der Waals surface area contributed by atoms with Crippen molar-refractivity contribution in [1.29, 1.82) is 0 Å². The highest BCUT2D eigenvalue weighted by Gasteiger charge is 2.13. The van der Waals surface area contributed by atoms with Crippen LogP contribution in [0.2, 0.25) is 0 Å². The number of hydrogen-bond donors (Lipinski definition) is 2. The van der Waals surface area contributed by atoms with Gasteiger partial charge in [-0.1, -0.05) is 31.2 Å². The van der Waals surface area contributed by atoms with Crippen LogP contribution in [-0.2, 0) is 0 Å². The van der Waals surface area contributed by atoms with Gasteiger partial charge in [-0.25, -0.2) is 0 Å². The molecule has 0 bridgehead atoms. The Labute approximate surface area is 108 Å².